The molecule has 0 spiro atoms. The van der Waals surface area contributed by atoms with Crippen molar-refractivity contribution in [2.24, 2.45) is 17.6 Å². The van der Waals surface area contributed by atoms with Crippen LogP contribution in [0.1, 0.15) is 51.0 Å². The zero-order valence-electron chi connectivity index (χ0n) is 16.5. The average Bonchev–Trinajstić information content (AvgIpc) is 2.68. The lowest BCUT2D eigenvalue weighted by atomic mass is 9.82. The van der Waals surface area contributed by atoms with Crippen LogP contribution in [-0.4, -0.2) is 42.6 Å². The highest BCUT2D eigenvalue weighted by molar-refractivity contribution is 5.85. The minimum absolute atomic E-state index is 0. The van der Waals surface area contributed by atoms with Crippen LogP contribution in [0.25, 0.3) is 0 Å². The number of ether oxygens (including phenoxy) is 1. The molecule has 4 nitrogen and oxygen atoms in total. The number of carbonyl (C=O) groups is 1. The number of carbonyl (C=O) groups excluding carboxylic acids is 1. The second-order valence-electron chi connectivity index (χ2n) is 8.04. The molecule has 1 saturated carbocycles. The molecule has 2 N–H and O–H groups in total. The van der Waals surface area contributed by atoms with Crippen LogP contribution in [0.3, 0.4) is 0 Å². The second kappa shape index (κ2) is 11.0. The van der Waals surface area contributed by atoms with E-state index in [0.717, 1.165) is 64.6 Å². The number of amides is 1. The summed E-state index contributed by atoms with van der Waals surface area (Å²) in [6.07, 6.45) is 7.01. The van der Waals surface area contributed by atoms with Crippen molar-refractivity contribution in [2.75, 3.05) is 19.7 Å². The van der Waals surface area contributed by atoms with Gasteiger partial charge in [-0.3, -0.25) is 4.79 Å². The Morgan fingerprint density at radius 1 is 1.15 bits per heavy atom. The molecule has 3 rings (SSSR count). The first-order valence-electron chi connectivity index (χ1n) is 10.4. The van der Waals surface area contributed by atoms with Gasteiger partial charge in [0.25, 0.3) is 0 Å². The predicted molar refractivity (Wildman–Crippen MR) is 112 cm³/mol. The molecule has 1 aliphatic carbocycles. The first kappa shape index (κ1) is 22.2. The Morgan fingerprint density at radius 2 is 1.85 bits per heavy atom. The Hall–Kier alpha value is -1.10. The van der Waals surface area contributed by atoms with Crippen LogP contribution in [0.5, 0.6) is 0 Å². The number of hydrogen-bond acceptors (Lipinski definition) is 3. The van der Waals surface area contributed by atoms with E-state index in [1.54, 1.807) is 0 Å². The molecule has 1 aliphatic heterocycles. The van der Waals surface area contributed by atoms with Gasteiger partial charge in [-0.2, -0.15) is 0 Å². The van der Waals surface area contributed by atoms with Crippen molar-refractivity contribution in [1.29, 1.82) is 0 Å². The van der Waals surface area contributed by atoms with Crippen molar-refractivity contribution in [2.45, 2.75) is 64.0 Å². The molecule has 1 heterocycles. The molecule has 152 valence electrons. The first-order chi connectivity index (χ1) is 12.7. The summed E-state index contributed by atoms with van der Waals surface area (Å²) >= 11 is 0. The molecule has 3 atom stereocenters. The van der Waals surface area contributed by atoms with Gasteiger partial charge in [-0.05, 0) is 56.4 Å². The minimum Gasteiger partial charge on any atom is -0.377 e. The number of nitrogens with zero attached hydrogens (tertiary/aromatic N) is 1. The lowest BCUT2D eigenvalue weighted by molar-refractivity contribution is -0.140. The number of rotatable bonds is 6. The van der Waals surface area contributed by atoms with Gasteiger partial charge in [0.05, 0.1) is 6.10 Å². The zero-order chi connectivity index (χ0) is 18.4. The van der Waals surface area contributed by atoms with Gasteiger partial charge in [-0.1, -0.05) is 37.3 Å². The van der Waals surface area contributed by atoms with E-state index in [1.807, 2.05) is 0 Å². The molecule has 0 aromatic heterocycles. The fourth-order valence-electron chi connectivity index (χ4n) is 4.40. The summed E-state index contributed by atoms with van der Waals surface area (Å²) in [5.74, 6) is 1.13. The Bertz CT molecular complexity index is 561. The Labute approximate surface area is 170 Å². The molecule has 0 bridgehead atoms. The Kier molecular flexibility index (Phi) is 9.07. The van der Waals surface area contributed by atoms with Gasteiger partial charge in [0.2, 0.25) is 5.91 Å². The number of halogens is 1. The largest absolute Gasteiger partial charge is 0.377 e. The summed E-state index contributed by atoms with van der Waals surface area (Å²) in [4.78, 5) is 15.1. The van der Waals surface area contributed by atoms with Crippen LogP contribution in [-0.2, 0) is 16.0 Å². The first-order valence-corrected chi connectivity index (χ1v) is 10.4. The van der Waals surface area contributed by atoms with E-state index in [4.69, 9.17) is 10.5 Å². The third kappa shape index (κ3) is 6.20. The SMILES string of the molecule is CCCO[C@@H]1C[C@@H](C(=O)N2CCC(Cc3ccccc3)CC2)CC[C@H]1N.Cl. The molecule has 2 fully saturated rings. The molecular weight excluding hydrogens is 360 g/mol. The molecule has 5 heteroatoms. The maximum atomic E-state index is 13.0. The molecule has 2 aliphatic rings. The van der Waals surface area contributed by atoms with Crippen LogP contribution in [0.4, 0.5) is 0 Å². The van der Waals surface area contributed by atoms with Crippen LogP contribution in [0.2, 0.25) is 0 Å². The fraction of sp³-hybridized carbons (Fsp3) is 0.682. The third-order valence-electron chi connectivity index (χ3n) is 6.02. The van der Waals surface area contributed by atoms with E-state index in [0.29, 0.717) is 11.8 Å². The van der Waals surface area contributed by atoms with E-state index in [-0.39, 0.29) is 30.5 Å². The van der Waals surface area contributed by atoms with Crippen LogP contribution >= 0.6 is 12.4 Å². The number of piperidine rings is 1. The Morgan fingerprint density at radius 3 is 2.52 bits per heavy atom. The number of hydrogen-bond donors (Lipinski definition) is 1. The fourth-order valence-corrected chi connectivity index (χ4v) is 4.40. The maximum absolute atomic E-state index is 13.0. The quantitative estimate of drug-likeness (QED) is 0.798. The molecule has 0 unspecified atom stereocenters. The third-order valence-corrected chi connectivity index (χ3v) is 6.02. The number of benzene rings is 1. The van der Waals surface area contributed by atoms with Crippen molar-refractivity contribution in [1.82, 2.24) is 4.90 Å². The summed E-state index contributed by atoms with van der Waals surface area (Å²) in [5, 5.41) is 0. The topological polar surface area (TPSA) is 55.6 Å². The highest BCUT2D eigenvalue weighted by Gasteiger charge is 2.35. The molecule has 1 aromatic rings. The molecular formula is C22H35ClN2O2. The van der Waals surface area contributed by atoms with E-state index >= 15 is 0 Å². The van der Waals surface area contributed by atoms with Gasteiger partial charge in [0.15, 0.2) is 0 Å². The van der Waals surface area contributed by atoms with Gasteiger partial charge < -0.3 is 15.4 Å². The van der Waals surface area contributed by atoms with E-state index in [9.17, 15) is 4.79 Å². The van der Waals surface area contributed by atoms with Gasteiger partial charge >= 0.3 is 0 Å². The molecule has 1 aromatic carbocycles. The summed E-state index contributed by atoms with van der Waals surface area (Å²) in [5.41, 5.74) is 7.61. The van der Waals surface area contributed by atoms with Gasteiger partial charge in [-0.25, -0.2) is 0 Å². The standard InChI is InChI=1S/C22H34N2O2.ClH/c1-2-14-26-21-16-19(8-9-20(21)23)22(25)24-12-10-18(11-13-24)15-17-6-4-3-5-7-17;/h3-7,18-21H,2,8-16,23H2,1H3;1H/t19-,20+,21+;/m0./s1. The average molecular weight is 395 g/mol. The van der Waals surface area contributed by atoms with Crippen molar-refractivity contribution in [3.05, 3.63) is 35.9 Å². The zero-order valence-corrected chi connectivity index (χ0v) is 17.3. The second-order valence-corrected chi connectivity index (χ2v) is 8.04. The smallest absolute Gasteiger partial charge is 0.225 e. The van der Waals surface area contributed by atoms with Gasteiger partial charge in [0, 0.05) is 31.7 Å². The monoisotopic (exact) mass is 394 g/mol. The lowest BCUT2D eigenvalue weighted by Gasteiger charge is -2.38. The predicted octanol–water partition coefficient (Wildman–Crippen LogP) is 3.81. The lowest BCUT2D eigenvalue weighted by Crippen LogP contribution is -2.48. The van der Waals surface area contributed by atoms with Gasteiger partial charge in [-0.15, -0.1) is 12.4 Å². The van der Waals surface area contributed by atoms with Gasteiger partial charge in [0.1, 0.15) is 0 Å². The van der Waals surface area contributed by atoms with Crippen LogP contribution < -0.4 is 5.73 Å². The summed E-state index contributed by atoms with van der Waals surface area (Å²) in [6, 6.07) is 10.8. The number of likely N-dealkylation sites (tertiary alicyclic amines) is 1. The van der Waals surface area contributed by atoms with E-state index < -0.39 is 0 Å². The normalized spacial score (nSPS) is 26.4. The van der Waals surface area contributed by atoms with Crippen LogP contribution in [0, 0.1) is 11.8 Å². The van der Waals surface area contributed by atoms with E-state index in [1.165, 1.54) is 5.56 Å². The Balaban J connectivity index is 0.00000261. The molecule has 1 amide bonds. The van der Waals surface area contributed by atoms with Crippen molar-refractivity contribution in [3.63, 3.8) is 0 Å². The van der Waals surface area contributed by atoms with E-state index in [2.05, 4.69) is 42.2 Å². The summed E-state index contributed by atoms with van der Waals surface area (Å²) < 4.78 is 5.90. The molecule has 1 saturated heterocycles. The summed E-state index contributed by atoms with van der Waals surface area (Å²) in [7, 11) is 0. The highest BCUT2D eigenvalue weighted by Crippen LogP contribution is 2.30. The molecule has 27 heavy (non-hydrogen) atoms. The van der Waals surface area contributed by atoms with Crippen molar-refractivity contribution >= 4 is 18.3 Å². The van der Waals surface area contributed by atoms with Crippen LogP contribution in [0.15, 0.2) is 30.3 Å². The number of nitrogens with two attached hydrogens (primary N) is 1. The minimum atomic E-state index is 0. The summed E-state index contributed by atoms with van der Waals surface area (Å²) in [6.45, 7) is 4.65. The van der Waals surface area contributed by atoms with Crippen molar-refractivity contribution in [3.8, 4) is 0 Å². The molecule has 0 radical (unpaired) electrons. The highest BCUT2D eigenvalue weighted by atomic mass is 35.5. The van der Waals surface area contributed by atoms with Crippen molar-refractivity contribution < 1.29 is 9.53 Å². The maximum Gasteiger partial charge on any atom is 0.225 e.